The predicted octanol–water partition coefficient (Wildman–Crippen LogP) is 2.81. The highest BCUT2D eigenvalue weighted by atomic mass is 16.3. The van der Waals surface area contributed by atoms with Gasteiger partial charge in [0, 0.05) is 12.0 Å². The smallest absolute Gasteiger partial charge is 0.235 e. The van der Waals surface area contributed by atoms with Gasteiger partial charge in [-0.2, -0.15) is 0 Å². The molecule has 2 rings (SSSR count). The lowest BCUT2D eigenvalue weighted by Gasteiger charge is -2.25. The molecule has 0 amide bonds. The van der Waals surface area contributed by atoms with Gasteiger partial charge in [-0.25, -0.2) is 0 Å². The van der Waals surface area contributed by atoms with Crippen molar-refractivity contribution in [3.63, 3.8) is 0 Å². The Morgan fingerprint density at radius 1 is 1.22 bits per heavy atom. The quantitative estimate of drug-likeness (QED) is 0.492. The van der Waals surface area contributed by atoms with Gasteiger partial charge in [0.1, 0.15) is 0 Å². The number of Topliss-reactive ketones (excluding diaryl/α,β-unsaturated/α-hetero) is 1. The molecule has 2 unspecified atom stereocenters. The maximum absolute atomic E-state index is 11.7. The highest BCUT2D eigenvalue weighted by Crippen LogP contribution is 2.26. The molecule has 0 bridgehead atoms. The first-order chi connectivity index (χ1) is 8.77. The van der Waals surface area contributed by atoms with Crippen LogP contribution in [-0.2, 0) is 0 Å². The maximum atomic E-state index is 11.7. The van der Waals surface area contributed by atoms with Crippen LogP contribution in [0.3, 0.4) is 0 Å². The van der Waals surface area contributed by atoms with Gasteiger partial charge in [0.25, 0.3) is 0 Å². The fourth-order valence-corrected chi connectivity index (χ4v) is 2.35. The number of aliphatic hydroxyl groups excluding tert-OH is 1. The van der Waals surface area contributed by atoms with Crippen LogP contribution < -0.4 is 0 Å². The third-order valence-electron chi connectivity index (χ3n) is 3.47. The van der Waals surface area contributed by atoms with Crippen molar-refractivity contribution in [2.24, 2.45) is 5.92 Å². The first-order valence-electron chi connectivity index (χ1n) is 6.53. The Morgan fingerprint density at radius 3 is 2.67 bits per heavy atom. The Labute approximate surface area is 108 Å². The van der Waals surface area contributed by atoms with Gasteiger partial charge in [-0.1, -0.05) is 49.1 Å². The Balaban J connectivity index is 1.90. The van der Waals surface area contributed by atoms with Gasteiger partial charge in [0.05, 0.1) is 6.10 Å². The molecule has 18 heavy (non-hydrogen) atoms. The van der Waals surface area contributed by atoms with Crippen LogP contribution >= 0.6 is 0 Å². The van der Waals surface area contributed by atoms with E-state index in [0.717, 1.165) is 25.7 Å². The average Bonchev–Trinajstić information content (AvgIpc) is 2.42. The van der Waals surface area contributed by atoms with Crippen LogP contribution in [0.4, 0.5) is 0 Å². The summed E-state index contributed by atoms with van der Waals surface area (Å²) in [5.74, 6) is 5.70. The van der Waals surface area contributed by atoms with E-state index in [9.17, 15) is 9.90 Å². The van der Waals surface area contributed by atoms with Gasteiger partial charge in [0.2, 0.25) is 5.78 Å². The molecule has 2 atom stereocenters. The van der Waals surface area contributed by atoms with E-state index < -0.39 is 0 Å². The third kappa shape index (κ3) is 3.45. The molecule has 1 aliphatic rings. The van der Waals surface area contributed by atoms with Gasteiger partial charge in [-0.3, -0.25) is 4.79 Å². The van der Waals surface area contributed by atoms with E-state index in [1.165, 1.54) is 0 Å². The molecule has 0 saturated heterocycles. The molecule has 1 saturated carbocycles. The predicted molar refractivity (Wildman–Crippen MR) is 71.1 cm³/mol. The molecule has 2 nitrogen and oxygen atoms in total. The summed E-state index contributed by atoms with van der Waals surface area (Å²) in [5.41, 5.74) is 0.634. The van der Waals surface area contributed by atoms with Crippen molar-refractivity contribution in [1.82, 2.24) is 0 Å². The Hall–Kier alpha value is -1.59. The lowest BCUT2D eigenvalue weighted by molar-refractivity contribution is 0.0724. The largest absolute Gasteiger partial charge is 0.393 e. The van der Waals surface area contributed by atoms with Crippen LogP contribution in [-0.4, -0.2) is 17.0 Å². The van der Waals surface area contributed by atoms with E-state index >= 15 is 0 Å². The molecule has 0 aromatic heterocycles. The van der Waals surface area contributed by atoms with E-state index in [1.54, 1.807) is 12.1 Å². The molecule has 1 fully saturated rings. The Bertz CT molecular complexity index is 453. The van der Waals surface area contributed by atoms with Crippen molar-refractivity contribution in [2.45, 2.75) is 38.2 Å². The lowest BCUT2D eigenvalue weighted by Crippen LogP contribution is -2.23. The summed E-state index contributed by atoms with van der Waals surface area (Å²) < 4.78 is 0. The first-order valence-corrected chi connectivity index (χ1v) is 6.53. The summed E-state index contributed by atoms with van der Waals surface area (Å²) in [5, 5.41) is 9.80. The van der Waals surface area contributed by atoms with E-state index in [2.05, 4.69) is 11.8 Å². The molecule has 1 aromatic rings. The van der Waals surface area contributed by atoms with Crippen LogP contribution in [0.1, 0.15) is 42.5 Å². The fraction of sp³-hybridized carbons (Fsp3) is 0.438. The average molecular weight is 242 g/mol. The Kier molecular flexibility index (Phi) is 4.55. The second-order valence-electron chi connectivity index (χ2n) is 4.81. The van der Waals surface area contributed by atoms with Crippen molar-refractivity contribution >= 4 is 5.78 Å². The zero-order valence-electron chi connectivity index (χ0n) is 10.4. The molecule has 1 aromatic carbocycles. The van der Waals surface area contributed by atoms with Crippen molar-refractivity contribution in [3.05, 3.63) is 35.9 Å². The van der Waals surface area contributed by atoms with Crippen molar-refractivity contribution in [3.8, 4) is 11.8 Å². The van der Waals surface area contributed by atoms with Gasteiger partial charge >= 0.3 is 0 Å². The van der Waals surface area contributed by atoms with Crippen LogP contribution in [0, 0.1) is 17.8 Å². The fourth-order valence-electron chi connectivity index (χ4n) is 2.35. The number of carbonyl (C=O) groups is 1. The van der Waals surface area contributed by atoms with Gasteiger partial charge in [0.15, 0.2) is 0 Å². The molecule has 0 aliphatic heterocycles. The number of aliphatic hydroxyl groups is 1. The first kappa shape index (κ1) is 12.9. The number of hydrogen-bond acceptors (Lipinski definition) is 2. The molecule has 1 aliphatic carbocycles. The van der Waals surface area contributed by atoms with Gasteiger partial charge < -0.3 is 5.11 Å². The summed E-state index contributed by atoms with van der Waals surface area (Å²) >= 11 is 0. The summed E-state index contributed by atoms with van der Waals surface area (Å²) in [6, 6.07) is 9.08. The SMILES string of the molecule is O=C(C#CCC1CCCCC1O)c1ccccc1. The number of ketones is 1. The summed E-state index contributed by atoms with van der Waals surface area (Å²) in [4.78, 5) is 11.7. The normalized spacial score (nSPS) is 22.9. The summed E-state index contributed by atoms with van der Waals surface area (Å²) in [7, 11) is 0. The number of hydrogen-bond donors (Lipinski definition) is 1. The molecular weight excluding hydrogens is 224 g/mol. The molecule has 0 radical (unpaired) electrons. The minimum Gasteiger partial charge on any atom is -0.393 e. The Morgan fingerprint density at radius 2 is 1.94 bits per heavy atom. The number of carbonyl (C=O) groups excluding carboxylic acids is 1. The highest BCUT2D eigenvalue weighted by Gasteiger charge is 2.21. The van der Waals surface area contributed by atoms with Crippen LogP contribution in [0.15, 0.2) is 30.3 Å². The number of rotatable bonds is 2. The minimum atomic E-state index is -0.236. The van der Waals surface area contributed by atoms with Gasteiger partial charge in [-0.15, -0.1) is 0 Å². The number of benzene rings is 1. The molecule has 0 heterocycles. The second kappa shape index (κ2) is 6.37. The van der Waals surface area contributed by atoms with Crippen molar-refractivity contribution in [2.75, 3.05) is 0 Å². The van der Waals surface area contributed by atoms with E-state index in [0.29, 0.717) is 12.0 Å². The second-order valence-corrected chi connectivity index (χ2v) is 4.81. The molecule has 2 heteroatoms. The van der Waals surface area contributed by atoms with Crippen LogP contribution in [0.5, 0.6) is 0 Å². The van der Waals surface area contributed by atoms with Crippen LogP contribution in [0.25, 0.3) is 0 Å². The van der Waals surface area contributed by atoms with Crippen molar-refractivity contribution in [1.29, 1.82) is 0 Å². The zero-order valence-corrected chi connectivity index (χ0v) is 10.4. The topological polar surface area (TPSA) is 37.3 Å². The van der Waals surface area contributed by atoms with E-state index in [1.807, 2.05) is 18.2 Å². The van der Waals surface area contributed by atoms with E-state index in [-0.39, 0.29) is 17.8 Å². The van der Waals surface area contributed by atoms with E-state index in [4.69, 9.17) is 0 Å². The highest BCUT2D eigenvalue weighted by molar-refractivity contribution is 6.08. The summed E-state index contributed by atoms with van der Waals surface area (Å²) in [6.07, 6.45) is 4.55. The zero-order chi connectivity index (χ0) is 12.8. The standard InChI is InChI=1S/C16H18O2/c17-15-11-5-4-9-14(15)10-6-12-16(18)13-7-2-1-3-8-13/h1-3,7-8,14-15,17H,4-5,9-11H2. The molecule has 0 spiro atoms. The minimum absolute atomic E-state index is 0.138. The van der Waals surface area contributed by atoms with Crippen LogP contribution in [0.2, 0.25) is 0 Å². The molecule has 1 N–H and O–H groups in total. The lowest BCUT2D eigenvalue weighted by atomic mass is 9.84. The molecule has 94 valence electrons. The summed E-state index contributed by atoms with van der Waals surface area (Å²) in [6.45, 7) is 0. The monoisotopic (exact) mass is 242 g/mol. The molecular formula is C16H18O2. The van der Waals surface area contributed by atoms with Crippen molar-refractivity contribution < 1.29 is 9.90 Å². The third-order valence-corrected chi connectivity index (χ3v) is 3.47. The maximum Gasteiger partial charge on any atom is 0.235 e. The van der Waals surface area contributed by atoms with Gasteiger partial charge in [-0.05, 0) is 24.7 Å².